The SMILES string of the molecule is O=C(NCCN1CCOc2ccccc21)c1ccc2nc[nH]c2c1. The third-order valence-electron chi connectivity index (χ3n) is 4.17. The highest BCUT2D eigenvalue weighted by molar-refractivity contribution is 5.97. The highest BCUT2D eigenvalue weighted by Crippen LogP contribution is 2.30. The van der Waals surface area contributed by atoms with Gasteiger partial charge in [-0.3, -0.25) is 4.79 Å². The lowest BCUT2D eigenvalue weighted by Crippen LogP contribution is -2.39. The minimum Gasteiger partial charge on any atom is -0.490 e. The first-order valence-electron chi connectivity index (χ1n) is 7.99. The quantitative estimate of drug-likeness (QED) is 0.772. The maximum Gasteiger partial charge on any atom is 0.251 e. The Morgan fingerprint density at radius 3 is 3.17 bits per heavy atom. The van der Waals surface area contributed by atoms with Gasteiger partial charge in [0.1, 0.15) is 12.4 Å². The summed E-state index contributed by atoms with van der Waals surface area (Å²) in [7, 11) is 0. The van der Waals surface area contributed by atoms with Crippen molar-refractivity contribution in [3.63, 3.8) is 0 Å². The normalized spacial score (nSPS) is 13.4. The van der Waals surface area contributed by atoms with E-state index in [-0.39, 0.29) is 5.91 Å². The third-order valence-corrected chi connectivity index (χ3v) is 4.17. The number of nitrogens with zero attached hydrogens (tertiary/aromatic N) is 2. The number of carbonyl (C=O) groups is 1. The number of aromatic nitrogens is 2. The van der Waals surface area contributed by atoms with Crippen LogP contribution in [0.25, 0.3) is 11.0 Å². The summed E-state index contributed by atoms with van der Waals surface area (Å²) >= 11 is 0. The lowest BCUT2D eigenvalue weighted by molar-refractivity contribution is 0.0954. The number of rotatable bonds is 4. The summed E-state index contributed by atoms with van der Waals surface area (Å²) in [5.41, 5.74) is 3.44. The molecule has 4 rings (SSSR count). The van der Waals surface area contributed by atoms with E-state index in [4.69, 9.17) is 4.74 Å². The van der Waals surface area contributed by atoms with Crippen molar-refractivity contribution in [1.29, 1.82) is 0 Å². The second kappa shape index (κ2) is 6.23. The van der Waals surface area contributed by atoms with Gasteiger partial charge in [-0.15, -0.1) is 0 Å². The van der Waals surface area contributed by atoms with Gasteiger partial charge in [0.25, 0.3) is 5.91 Å². The van der Waals surface area contributed by atoms with Crippen molar-refractivity contribution in [3.05, 3.63) is 54.4 Å². The molecule has 2 heterocycles. The van der Waals surface area contributed by atoms with Crippen LogP contribution in [-0.2, 0) is 0 Å². The van der Waals surface area contributed by atoms with Crippen molar-refractivity contribution < 1.29 is 9.53 Å². The summed E-state index contributed by atoms with van der Waals surface area (Å²) in [6.45, 7) is 2.82. The molecule has 0 atom stereocenters. The molecule has 6 heteroatoms. The predicted molar refractivity (Wildman–Crippen MR) is 92.6 cm³/mol. The lowest BCUT2D eigenvalue weighted by atomic mass is 10.2. The molecule has 3 aromatic rings. The predicted octanol–water partition coefficient (Wildman–Crippen LogP) is 2.19. The zero-order chi connectivity index (χ0) is 16.4. The Morgan fingerprint density at radius 2 is 2.21 bits per heavy atom. The second-order valence-corrected chi connectivity index (χ2v) is 5.69. The Kier molecular flexibility index (Phi) is 3.78. The summed E-state index contributed by atoms with van der Waals surface area (Å²) in [6, 6.07) is 13.4. The van der Waals surface area contributed by atoms with Gasteiger partial charge in [-0.2, -0.15) is 0 Å². The molecule has 2 N–H and O–H groups in total. The van der Waals surface area contributed by atoms with Crippen molar-refractivity contribution in [3.8, 4) is 5.75 Å². The largest absolute Gasteiger partial charge is 0.490 e. The van der Waals surface area contributed by atoms with Crippen LogP contribution in [0.2, 0.25) is 0 Å². The van der Waals surface area contributed by atoms with Crippen LogP contribution in [0.1, 0.15) is 10.4 Å². The third kappa shape index (κ3) is 2.78. The number of ether oxygens (including phenoxy) is 1. The summed E-state index contributed by atoms with van der Waals surface area (Å²) in [4.78, 5) is 21.7. The average Bonchev–Trinajstić information content (AvgIpc) is 3.09. The number of benzene rings is 2. The molecule has 122 valence electrons. The molecule has 0 saturated heterocycles. The molecule has 1 aliphatic rings. The van der Waals surface area contributed by atoms with E-state index in [1.54, 1.807) is 12.4 Å². The van der Waals surface area contributed by atoms with Crippen molar-refractivity contribution in [1.82, 2.24) is 15.3 Å². The molecule has 1 amide bonds. The number of fused-ring (bicyclic) bond motifs is 2. The Bertz CT molecular complexity index is 874. The molecule has 0 fully saturated rings. The molecule has 0 radical (unpaired) electrons. The van der Waals surface area contributed by atoms with Crippen molar-refractivity contribution in [2.75, 3.05) is 31.1 Å². The van der Waals surface area contributed by atoms with Crippen molar-refractivity contribution >= 4 is 22.6 Å². The topological polar surface area (TPSA) is 70.2 Å². The maximum absolute atomic E-state index is 12.3. The number of para-hydroxylation sites is 2. The zero-order valence-electron chi connectivity index (χ0n) is 13.2. The van der Waals surface area contributed by atoms with Crippen LogP contribution in [0.4, 0.5) is 5.69 Å². The van der Waals surface area contributed by atoms with Crippen molar-refractivity contribution in [2.45, 2.75) is 0 Å². The number of imidazole rings is 1. The van der Waals surface area contributed by atoms with E-state index in [1.165, 1.54) is 0 Å². The van der Waals surface area contributed by atoms with Gasteiger partial charge in [-0.1, -0.05) is 12.1 Å². The number of aromatic amines is 1. The first-order chi connectivity index (χ1) is 11.8. The second-order valence-electron chi connectivity index (χ2n) is 5.69. The van der Waals surface area contributed by atoms with E-state index in [2.05, 4.69) is 20.2 Å². The molecule has 2 aromatic carbocycles. The van der Waals surface area contributed by atoms with E-state index < -0.39 is 0 Å². The summed E-state index contributed by atoms with van der Waals surface area (Å²) < 4.78 is 5.65. The van der Waals surface area contributed by atoms with E-state index in [9.17, 15) is 4.79 Å². The molecule has 6 nitrogen and oxygen atoms in total. The van der Waals surface area contributed by atoms with Gasteiger partial charge >= 0.3 is 0 Å². The highest BCUT2D eigenvalue weighted by atomic mass is 16.5. The molecule has 0 bridgehead atoms. The van der Waals surface area contributed by atoms with Gasteiger partial charge < -0.3 is 19.9 Å². The molecule has 0 spiro atoms. The first-order valence-corrected chi connectivity index (χ1v) is 7.99. The van der Waals surface area contributed by atoms with Crippen LogP contribution in [0.15, 0.2) is 48.8 Å². The molecular weight excluding hydrogens is 304 g/mol. The van der Waals surface area contributed by atoms with Crippen LogP contribution < -0.4 is 15.0 Å². The van der Waals surface area contributed by atoms with Crippen LogP contribution in [0.5, 0.6) is 5.75 Å². The number of amides is 1. The van der Waals surface area contributed by atoms with Gasteiger partial charge in [-0.25, -0.2) is 4.98 Å². The average molecular weight is 322 g/mol. The molecule has 0 aliphatic carbocycles. The minimum absolute atomic E-state index is 0.0759. The molecule has 0 unspecified atom stereocenters. The van der Waals surface area contributed by atoms with E-state index in [1.807, 2.05) is 36.4 Å². The van der Waals surface area contributed by atoms with E-state index in [0.29, 0.717) is 18.7 Å². The Balaban J connectivity index is 1.38. The standard InChI is InChI=1S/C18H18N4O2/c23-18(13-5-6-14-15(11-13)21-12-20-14)19-7-8-22-9-10-24-17-4-2-1-3-16(17)22/h1-6,11-12H,7-10H2,(H,19,23)(H,20,21). The van der Waals surface area contributed by atoms with Gasteiger partial charge in [0, 0.05) is 18.7 Å². The highest BCUT2D eigenvalue weighted by Gasteiger charge is 2.17. The lowest BCUT2D eigenvalue weighted by Gasteiger charge is -2.31. The van der Waals surface area contributed by atoms with Crippen LogP contribution in [-0.4, -0.2) is 42.1 Å². The summed E-state index contributed by atoms with van der Waals surface area (Å²) in [5, 5.41) is 2.98. The Labute approximate surface area is 139 Å². The molecule has 0 saturated carbocycles. The van der Waals surface area contributed by atoms with Gasteiger partial charge in [0.05, 0.1) is 29.6 Å². The fourth-order valence-corrected chi connectivity index (χ4v) is 2.94. The van der Waals surface area contributed by atoms with Crippen molar-refractivity contribution in [2.24, 2.45) is 0 Å². The number of hydrogen-bond acceptors (Lipinski definition) is 4. The number of carbonyl (C=O) groups excluding carboxylic acids is 1. The van der Waals surface area contributed by atoms with Crippen LogP contribution >= 0.6 is 0 Å². The maximum atomic E-state index is 12.3. The zero-order valence-corrected chi connectivity index (χ0v) is 13.2. The summed E-state index contributed by atoms with van der Waals surface area (Å²) in [5.74, 6) is 0.827. The van der Waals surface area contributed by atoms with Gasteiger partial charge in [0.15, 0.2) is 0 Å². The van der Waals surface area contributed by atoms with Crippen LogP contribution in [0.3, 0.4) is 0 Å². The smallest absolute Gasteiger partial charge is 0.251 e. The number of nitrogens with one attached hydrogen (secondary N) is 2. The Hall–Kier alpha value is -3.02. The molecular formula is C18H18N4O2. The molecule has 24 heavy (non-hydrogen) atoms. The number of hydrogen-bond donors (Lipinski definition) is 2. The first kappa shape index (κ1) is 14.6. The minimum atomic E-state index is -0.0759. The summed E-state index contributed by atoms with van der Waals surface area (Å²) in [6.07, 6.45) is 1.63. The van der Waals surface area contributed by atoms with Crippen LogP contribution in [0, 0.1) is 0 Å². The fraction of sp³-hybridized carbons (Fsp3) is 0.222. The van der Waals surface area contributed by atoms with E-state index >= 15 is 0 Å². The van der Waals surface area contributed by atoms with Gasteiger partial charge in [0.2, 0.25) is 0 Å². The van der Waals surface area contributed by atoms with E-state index in [0.717, 1.165) is 35.6 Å². The molecule has 1 aliphatic heterocycles. The number of anilines is 1. The van der Waals surface area contributed by atoms with Gasteiger partial charge in [-0.05, 0) is 30.3 Å². The monoisotopic (exact) mass is 322 g/mol. The Morgan fingerprint density at radius 1 is 1.29 bits per heavy atom. The molecule has 1 aromatic heterocycles. The fourth-order valence-electron chi connectivity index (χ4n) is 2.94. The number of H-pyrrole nitrogens is 1.